The molecule has 2 aromatic carbocycles. The van der Waals surface area contributed by atoms with Gasteiger partial charge in [0.1, 0.15) is 5.75 Å². The van der Waals surface area contributed by atoms with Gasteiger partial charge < -0.3 is 4.74 Å². The fourth-order valence-corrected chi connectivity index (χ4v) is 3.29. The number of benzene rings is 2. The van der Waals surface area contributed by atoms with Crippen molar-refractivity contribution in [1.29, 1.82) is 0 Å². The summed E-state index contributed by atoms with van der Waals surface area (Å²) in [6.07, 6.45) is 0. The maximum Gasteiger partial charge on any atom is 0.227 e. The third-order valence-electron chi connectivity index (χ3n) is 3.00. The standard InChI is InChI=1S/C16H10Br2ClNO/c17-11-5-6-15(14(18)8-11)21-16-13-4-2-1-3-10(13)7-12(9-19)20-16/h1-8H,9H2. The summed E-state index contributed by atoms with van der Waals surface area (Å²) in [6.45, 7) is 0. The second-order valence-corrected chi connectivity index (χ2v) is 6.49. The van der Waals surface area contributed by atoms with E-state index in [1.54, 1.807) is 0 Å². The maximum absolute atomic E-state index is 5.98. The Balaban J connectivity index is 2.10. The summed E-state index contributed by atoms with van der Waals surface area (Å²) in [6, 6.07) is 15.7. The average molecular weight is 428 g/mol. The van der Waals surface area contributed by atoms with Crippen molar-refractivity contribution in [1.82, 2.24) is 4.98 Å². The number of halogens is 3. The number of hydrogen-bond acceptors (Lipinski definition) is 2. The van der Waals surface area contributed by atoms with Gasteiger partial charge in [-0.1, -0.05) is 34.1 Å². The van der Waals surface area contributed by atoms with Crippen molar-refractivity contribution in [2.24, 2.45) is 0 Å². The minimum atomic E-state index is 0.350. The van der Waals surface area contributed by atoms with Gasteiger partial charge in [-0.2, -0.15) is 0 Å². The van der Waals surface area contributed by atoms with Crippen LogP contribution in [0.5, 0.6) is 11.6 Å². The quantitative estimate of drug-likeness (QED) is 0.458. The molecule has 1 aromatic heterocycles. The van der Waals surface area contributed by atoms with Gasteiger partial charge >= 0.3 is 0 Å². The van der Waals surface area contributed by atoms with Gasteiger partial charge in [0.15, 0.2) is 0 Å². The molecule has 5 heteroatoms. The molecule has 3 rings (SSSR count). The molecule has 0 saturated heterocycles. The van der Waals surface area contributed by atoms with Crippen LogP contribution in [-0.2, 0) is 5.88 Å². The zero-order valence-corrected chi connectivity index (χ0v) is 14.7. The predicted molar refractivity (Wildman–Crippen MR) is 93.2 cm³/mol. The van der Waals surface area contributed by atoms with Crippen LogP contribution >= 0.6 is 43.5 Å². The zero-order valence-electron chi connectivity index (χ0n) is 10.8. The van der Waals surface area contributed by atoms with E-state index >= 15 is 0 Å². The van der Waals surface area contributed by atoms with Crippen molar-refractivity contribution >= 4 is 54.2 Å². The van der Waals surface area contributed by atoms with Crippen LogP contribution in [0.3, 0.4) is 0 Å². The Morgan fingerprint density at radius 1 is 1.05 bits per heavy atom. The molecule has 0 spiro atoms. The lowest BCUT2D eigenvalue weighted by Gasteiger charge is -2.11. The van der Waals surface area contributed by atoms with Crippen LogP contribution in [0.25, 0.3) is 10.8 Å². The highest BCUT2D eigenvalue weighted by molar-refractivity contribution is 9.11. The molecule has 0 fully saturated rings. The highest BCUT2D eigenvalue weighted by Crippen LogP contribution is 2.34. The van der Waals surface area contributed by atoms with Crippen molar-refractivity contribution in [3.05, 3.63) is 63.2 Å². The SMILES string of the molecule is ClCc1cc2ccccc2c(Oc2ccc(Br)cc2Br)n1. The smallest absolute Gasteiger partial charge is 0.227 e. The molecular weight excluding hydrogens is 417 g/mol. The normalized spacial score (nSPS) is 10.8. The van der Waals surface area contributed by atoms with E-state index < -0.39 is 0 Å². The number of pyridine rings is 1. The number of aromatic nitrogens is 1. The molecule has 0 unspecified atom stereocenters. The van der Waals surface area contributed by atoms with Crippen LogP contribution < -0.4 is 4.74 Å². The molecule has 1 heterocycles. The summed E-state index contributed by atoms with van der Waals surface area (Å²) in [5.41, 5.74) is 0.790. The van der Waals surface area contributed by atoms with Crippen LogP contribution in [0, 0.1) is 0 Å². The van der Waals surface area contributed by atoms with Crippen LogP contribution in [0.4, 0.5) is 0 Å². The second-order valence-electron chi connectivity index (χ2n) is 4.45. The van der Waals surface area contributed by atoms with Crippen LogP contribution in [0.15, 0.2) is 57.5 Å². The lowest BCUT2D eigenvalue weighted by molar-refractivity contribution is 0.465. The molecule has 106 valence electrons. The highest BCUT2D eigenvalue weighted by atomic mass is 79.9. The molecule has 0 amide bonds. The van der Waals surface area contributed by atoms with Crippen LogP contribution in [-0.4, -0.2) is 4.98 Å². The molecule has 0 bridgehead atoms. The molecule has 0 aliphatic heterocycles. The van der Waals surface area contributed by atoms with E-state index in [0.29, 0.717) is 17.5 Å². The number of rotatable bonds is 3. The van der Waals surface area contributed by atoms with Crippen molar-refractivity contribution in [2.45, 2.75) is 5.88 Å². The second kappa shape index (κ2) is 6.34. The Morgan fingerprint density at radius 2 is 1.86 bits per heavy atom. The zero-order chi connectivity index (χ0) is 14.8. The maximum atomic E-state index is 5.98. The molecule has 0 aliphatic carbocycles. The summed E-state index contributed by atoms with van der Waals surface area (Å²) in [7, 11) is 0. The van der Waals surface area contributed by atoms with E-state index in [1.807, 2.05) is 48.5 Å². The molecule has 0 aliphatic rings. The molecular formula is C16H10Br2ClNO. The van der Waals surface area contributed by atoms with Gasteiger partial charge in [0.05, 0.1) is 16.0 Å². The van der Waals surface area contributed by atoms with Crippen molar-refractivity contribution in [2.75, 3.05) is 0 Å². The lowest BCUT2D eigenvalue weighted by atomic mass is 10.1. The van der Waals surface area contributed by atoms with Crippen molar-refractivity contribution < 1.29 is 4.74 Å². The third-order valence-corrected chi connectivity index (χ3v) is 4.38. The number of fused-ring (bicyclic) bond motifs is 1. The van der Waals surface area contributed by atoms with E-state index in [0.717, 1.165) is 25.4 Å². The molecule has 21 heavy (non-hydrogen) atoms. The Bertz CT molecular complexity index is 807. The Morgan fingerprint density at radius 3 is 2.62 bits per heavy atom. The molecule has 3 aromatic rings. The van der Waals surface area contributed by atoms with Gasteiger partial charge in [0, 0.05) is 9.86 Å². The number of nitrogens with zero attached hydrogens (tertiary/aromatic N) is 1. The van der Waals surface area contributed by atoms with E-state index in [9.17, 15) is 0 Å². The summed E-state index contributed by atoms with van der Waals surface area (Å²) < 4.78 is 7.82. The molecule has 0 atom stereocenters. The minimum Gasteiger partial charge on any atom is -0.437 e. The lowest BCUT2D eigenvalue weighted by Crippen LogP contribution is -1.94. The van der Waals surface area contributed by atoms with Crippen LogP contribution in [0.1, 0.15) is 5.69 Å². The fourth-order valence-electron chi connectivity index (χ4n) is 2.03. The predicted octanol–water partition coefficient (Wildman–Crippen LogP) is 6.29. The fraction of sp³-hybridized carbons (Fsp3) is 0.0625. The third kappa shape index (κ3) is 3.23. The molecule has 0 N–H and O–H groups in total. The first-order valence-electron chi connectivity index (χ1n) is 6.25. The monoisotopic (exact) mass is 425 g/mol. The molecule has 2 nitrogen and oxygen atoms in total. The summed E-state index contributed by atoms with van der Waals surface area (Å²) in [5.74, 6) is 1.62. The number of alkyl halides is 1. The van der Waals surface area contributed by atoms with Gasteiger partial charge in [-0.3, -0.25) is 0 Å². The van der Waals surface area contributed by atoms with Gasteiger partial charge in [-0.15, -0.1) is 11.6 Å². The Hall–Kier alpha value is -1.10. The van der Waals surface area contributed by atoms with E-state index in [2.05, 4.69) is 36.8 Å². The van der Waals surface area contributed by atoms with E-state index in [-0.39, 0.29) is 0 Å². The van der Waals surface area contributed by atoms with Gasteiger partial charge in [0.25, 0.3) is 0 Å². The largest absolute Gasteiger partial charge is 0.437 e. The van der Waals surface area contributed by atoms with Gasteiger partial charge in [0.2, 0.25) is 5.88 Å². The van der Waals surface area contributed by atoms with Gasteiger partial charge in [-0.25, -0.2) is 4.98 Å². The first-order chi connectivity index (χ1) is 10.2. The molecule has 0 radical (unpaired) electrons. The van der Waals surface area contributed by atoms with Crippen LogP contribution in [0.2, 0.25) is 0 Å². The summed E-state index contributed by atoms with van der Waals surface area (Å²) in [4.78, 5) is 4.49. The van der Waals surface area contributed by atoms with Gasteiger partial charge in [-0.05, 0) is 51.6 Å². The first-order valence-corrected chi connectivity index (χ1v) is 8.37. The molecule has 0 saturated carbocycles. The number of hydrogen-bond donors (Lipinski definition) is 0. The Labute approximate surface area is 144 Å². The highest BCUT2D eigenvalue weighted by Gasteiger charge is 2.10. The first kappa shape index (κ1) is 14.8. The van der Waals surface area contributed by atoms with E-state index in [1.165, 1.54) is 0 Å². The van der Waals surface area contributed by atoms with Crippen molar-refractivity contribution in [3.63, 3.8) is 0 Å². The summed E-state index contributed by atoms with van der Waals surface area (Å²) >= 11 is 12.8. The topological polar surface area (TPSA) is 22.1 Å². The number of ether oxygens (including phenoxy) is 1. The van der Waals surface area contributed by atoms with Crippen molar-refractivity contribution in [3.8, 4) is 11.6 Å². The van der Waals surface area contributed by atoms with E-state index in [4.69, 9.17) is 16.3 Å². The minimum absolute atomic E-state index is 0.350. The average Bonchev–Trinajstić information content (AvgIpc) is 2.49. The summed E-state index contributed by atoms with van der Waals surface area (Å²) in [5, 5.41) is 2.02. The Kier molecular flexibility index (Phi) is 4.48.